The average molecular weight is 471 g/mol. The summed E-state index contributed by atoms with van der Waals surface area (Å²) in [6.07, 6.45) is -4.62. The van der Waals surface area contributed by atoms with E-state index in [1.54, 1.807) is 18.2 Å². The fraction of sp³-hybridized carbons (Fsp3) is 0.364. The quantitative estimate of drug-likeness (QED) is 0.621. The highest BCUT2D eigenvalue weighted by atomic mass is 35.5. The Balaban J connectivity index is 1.59. The van der Waals surface area contributed by atoms with Crippen molar-refractivity contribution in [3.05, 3.63) is 64.7 Å². The SMILES string of the molecule is O=C(Nc1ccc(C(F)(F)F)cc1)OCC1(C(=O)NCc2ccccc2Cl)CCOCC1. The minimum Gasteiger partial charge on any atom is -0.448 e. The molecule has 1 saturated heterocycles. The summed E-state index contributed by atoms with van der Waals surface area (Å²) < 4.78 is 48.6. The van der Waals surface area contributed by atoms with Crippen LogP contribution in [0.15, 0.2) is 48.5 Å². The second-order valence-corrected chi connectivity index (χ2v) is 7.85. The number of alkyl halides is 3. The molecule has 1 fully saturated rings. The molecule has 0 spiro atoms. The molecular weight excluding hydrogens is 449 g/mol. The summed E-state index contributed by atoms with van der Waals surface area (Å²) >= 11 is 6.13. The average Bonchev–Trinajstić information content (AvgIpc) is 2.77. The topological polar surface area (TPSA) is 76.7 Å². The Morgan fingerprint density at radius 3 is 2.34 bits per heavy atom. The van der Waals surface area contributed by atoms with Gasteiger partial charge in [-0.1, -0.05) is 29.8 Å². The highest BCUT2D eigenvalue weighted by Gasteiger charge is 2.41. The van der Waals surface area contributed by atoms with Crippen LogP contribution < -0.4 is 10.6 Å². The number of rotatable bonds is 6. The van der Waals surface area contributed by atoms with Gasteiger partial charge in [0, 0.05) is 30.5 Å². The lowest BCUT2D eigenvalue weighted by atomic mass is 9.80. The van der Waals surface area contributed by atoms with E-state index in [-0.39, 0.29) is 24.7 Å². The molecule has 172 valence electrons. The number of amides is 2. The van der Waals surface area contributed by atoms with Crippen LogP contribution in [0.4, 0.5) is 23.7 Å². The van der Waals surface area contributed by atoms with Crippen molar-refractivity contribution in [2.24, 2.45) is 5.41 Å². The summed E-state index contributed by atoms with van der Waals surface area (Å²) in [6.45, 7) is 0.697. The first-order valence-electron chi connectivity index (χ1n) is 9.90. The molecule has 2 amide bonds. The molecule has 1 heterocycles. The van der Waals surface area contributed by atoms with Crippen LogP contribution in [0.25, 0.3) is 0 Å². The number of benzene rings is 2. The Hall–Kier alpha value is -2.78. The van der Waals surface area contributed by atoms with Gasteiger partial charge in [0.25, 0.3) is 0 Å². The number of ether oxygens (including phenoxy) is 2. The van der Waals surface area contributed by atoms with Gasteiger partial charge in [-0.2, -0.15) is 13.2 Å². The number of carbonyl (C=O) groups is 2. The van der Waals surface area contributed by atoms with E-state index in [4.69, 9.17) is 21.1 Å². The molecule has 0 radical (unpaired) electrons. The van der Waals surface area contributed by atoms with Crippen LogP contribution in [0.5, 0.6) is 0 Å². The molecule has 0 aliphatic carbocycles. The summed E-state index contributed by atoms with van der Waals surface area (Å²) in [5, 5.41) is 5.75. The first kappa shape index (κ1) is 23.9. The van der Waals surface area contributed by atoms with Crippen LogP contribution in [-0.4, -0.2) is 31.8 Å². The molecule has 0 bridgehead atoms. The maximum atomic E-state index is 13.0. The standard InChI is InChI=1S/C22H22ClF3N2O4/c23-18-4-2-1-3-15(18)13-27-19(29)21(9-11-31-12-10-21)14-32-20(30)28-17-7-5-16(6-8-17)22(24,25)26/h1-8H,9-14H2,(H,27,29)(H,28,30). The number of hydrogen-bond acceptors (Lipinski definition) is 4. The predicted octanol–water partition coefficient (Wildman–Crippen LogP) is 5.02. The van der Waals surface area contributed by atoms with Crippen molar-refractivity contribution in [1.29, 1.82) is 0 Å². The Bertz CT molecular complexity index is 945. The van der Waals surface area contributed by atoms with Gasteiger partial charge in [0.2, 0.25) is 5.91 Å². The molecule has 2 N–H and O–H groups in total. The summed E-state index contributed by atoms with van der Waals surface area (Å²) in [5.74, 6) is -0.289. The Morgan fingerprint density at radius 2 is 1.72 bits per heavy atom. The zero-order valence-electron chi connectivity index (χ0n) is 17.0. The van der Waals surface area contributed by atoms with Crippen LogP contribution >= 0.6 is 11.6 Å². The van der Waals surface area contributed by atoms with Crippen LogP contribution in [0.2, 0.25) is 5.02 Å². The minimum atomic E-state index is -4.47. The van der Waals surface area contributed by atoms with Gasteiger partial charge in [-0.15, -0.1) is 0 Å². The van der Waals surface area contributed by atoms with E-state index in [1.807, 2.05) is 6.07 Å². The maximum Gasteiger partial charge on any atom is 0.416 e. The first-order valence-corrected chi connectivity index (χ1v) is 10.3. The van der Waals surface area contributed by atoms with Crippen LogP contribution in [0, 0.1) is 5.41 Å². The molecule has 10 heteroatoms. The number of anilines is 1. The smallest absolute Gasteiger partial charge is 0.416 e. The summed E-state index contributed by atoms with van der Waals surface area (Å²) in [4.78, 5) is 25.2. The van der Waals surface area contributed by atoms with Crippen molar-refractivity contribution in [1.82, 2.24) is 5.32 Å². The van der Waals surface area contributed by atoms with Crippen molar-refractivity contribution >= 4 is 29.3 Å². The van der Waals surface area contributed by atoms with E-state index in [2.05, 4.69) is 10.6 Å². The van der Waals surface area contributed by atoms with Gasteiger partial charge in [0.05, 0.1) is 11.0 Å². The van der Waals surface area contributed by atoms with E-state index in [0.29, 0.717) is 31.1 Å². The molecule has 3 rings (SSSR count). The maximum absolute atomic E-state index is 13.0. The fourth-order valence-electron chi connectivity index (χ4n) is 3.30. The van der Waals surface area contributed by atoms with Crippen LogP contribution in [-0.2, 0) is 27.0 Å². The molecule has 0 unspecified atom stereocenters. The summed E-state index contributed by atoms with van der Waals surface area (Å²) in [6, 6.07) is 11.1. The fourth-order valence-corrected chi connectivity index (χ4v) is 3.51. The Morgan fingerprint density at radius 1 is 1.06 bits per heavy atom. The second kappa shape index (κ2) is 10.2. The van der Waals surface area contributed by atoms with Crippen molar-refractivity contribution in [3.8, 4) is 0 Å². The molecule has 2 aromatic rings. The third kappa shape index (κ3) is 6.14. The molecule has 32 heavy (non-hydrogen) atoms. The van der Waals surface area contributed by atoms with Crippen LogP contribution in [0.3, 0.4) is 0 Å². The van der Waals surface area contributed by atoms with Gasteiger partial charge >= 0.3 is 12.3 Å². The van der Waals surface area contributed by atoms with Gasteiger partial charge < -0.3 is 14.8 Å². The van der Waals surface area contributed by atoms with E-state index in [0.717, 1.165) is 29.8 Å². The minimum absolute atomic E-state index is 0.146. The van der Waals surface area contributed by atoms with Gasteiger partial charge in [0.15, 0.2) is 0 Å². The van der Waals surface area contributed by atoms with Crippen molar-refractivity contribution < 1.29 is 32.2 Å². The lowest BCUT2D eigenvalue weighted by Gasteiger charge is -2.35. The highest BCUT2D eigenvalue weighted by molar-refractivity contribution is 6.31. The molecule has 0 saturated carbocycles. The number of hydrogen-bond donors (Lipinski definition) is 2. The Labute approximate surface area is 188 Å². The largest absolute Gasteiger partial charge is 0.448 e. The van der Waals surface area contributed by atoms with Crippen molar-refractivity contribution in [2.75, 3.05) is 25.1 Å². The molecule has 0 atom stereocenters. The van der Waals surface area contributed by atoms with Gasteiger partial charge in [-0.25, -0.2) is 4.79 Å². The summed E-state index contributed by atoms with van der Waals surface area (Å²) in [5.41, 5.74) is -0.901. The molecule has 1 aliphatic rings. The highest BCUT2D eigenvalue weighted by Crippen LogP contribution is 2.32. The third-order valence-electron chi connectivity index (χ3n) is 5.27. The van der Waals surface area contributed by atoms with E-state index >= 15 is 0 Å². The second-order valence-electron chi connectivity index (χ2n) is 7.44. The molecule has 0 aromatic heterocycles. The lowest BCUT2D eigenvalue weighted by Crippen LogP contribution is -2.48. The van der Waals surface area contributed by atoms with Gasteiger partial charge in [0.1, 0.15) is 6.61 Å². The zero-order chi connectivity index (χ0) is 23.2. The monoisotopic (exact) mass is 470 g/mol. The van der Waals surface area contributed by atoms with E-state index < -0.39 is 23.2 Å². The molecular formula is C22H22ClF3N2O4. The van der Waals surface area contributed by atoms with E-state index in [9.17, 15) is 22.8 Å². The Kier molecular flexibility index (Phi) is 7.63. The third-order valence-corrected chi connectivity index (χ3v) is 5.64. The number of carbonyl (C=O) groups excluding carboxylic acids is 2. The molecule has 2 aromatic carbocycles. The number of nitrogens with one attached hydrogen (secondary N) is 2. The van der Waals surface area contributed by atoms with Gasteiger partial charge in [-0.3, -0.25) is 10.1 Å². The lowest BCUT2D eigenvalue weighted by molar-refractivity contribution is -0.140. The normalized spacial score (nSPS) is 15.6. The van der Waals surface area contributed by atoms with Gasteiger partial charge in [-0.05, 0) is 48.7 Å². The molecule has 1 aliphatic heterocycles. The number of halogens is 4. The molecule has 6 nitrogen and oxygen atoms in total. The van der Waals surface area contributed by atoms with Crippen molar-refractivity contribution in [3.63, 3.8) is 0 Å². The van der Waals surface area contributed by atoms with E-state index in [1.165, 1.54) is 0 Å². The summed E-state index contributed by atoms with van der Waals surface area (Å²) in [7, 11) is 0. The van der Waals surface area contributed by atoms with Crippen molar-refractivity contribution in [2.45, 2.75) is 25.6 Å². The zero-order valence-corrected chi connectivity index (χ0v) is 17.8. The van der Waals surface area contributed by atoms with Crippen LogP contribution in [0.1, 0.15) is 24.0 Å². The first-order chi connectivity index (χ1) is 15.2. The predicted molar refractivity (Wildman–Crippen MR) is 112 cm³/mol.